The normalized spacial score (nSPS) is 17.0. The molecule has 0 aromatic heterocycles. The highest BCUT2D eigenvalue weighted by atomic mass is 28.4. The number of likely N-dealkylation sites (tertiary alicyclic amines) is 1. The number of hydrogen-bond acceptors (Lipinski definition) is 3. The lowest BCUT2D eigenvalue weighted by molar-refractivity contribution is 0.0832. The van der Waals surface area contributed by atoms with Crippen LogP contribution in [0.1, 0.15) is 109 Å². The van der Waals surface area contributed by atoms with E-state index in [-0.39, 0.29) is 23.1 Å². The summed E-state index contributed by atoms with van der Waals surface area (Å²) in [4.78, 5) is 15.5. The molecule has 1 fully saturated rings. The van der Waals surface area contributed by atoms with Gasteiger partial charge < -0.3 is 14.1 Å². The maximum Gasteiger partial charge on any atom is 0.410 e. The summed E-state index contributed by atoms with van der Waals surface area (Å²) in [5, 5.41) is 2.39. The third-order valence-electron chi connectivity index (χ3n) is 9.62. The number of nitrogens with zero attached hydrogens (tertiary/aromatic N) is 1. The van der Waals surface area contributed by atoms with Gasteiger partial charge in [-0.1, -0.05) is 158 Å². The van der Waals surface area contributed by atoms with Crippen molar-refractivity contribution in [3.63, 3.8) is 0 Å². The van der Waals surface area contributed by atoms with Crippen molar-refractivity contribution in [2.45, 2.75) is 116 Å². The standard InChI is InChI=1S/C40H57NO3Si/c1-6-8-10-11-12-15-20-33-25-27-34(28-26-33)37-29-30-41(39(42)43-31-9-7-2)38(37)32-44-45(40(3,4)5,35-21-16-13-17-22-35)36-23-18-14-19-24-36/h13-14,16-19,21-28,37-38H,6-12,15,20,29-32H2,1-5H3. The van der Waals surface area contributed by atoms with Crippen LogP contribution >= 0.6 is 0 Å². The third kappa shape index (κ3) is 8.89. The number of benzene rings is 3. The molecular weight excluding hydrogens is 571 g/mol. The van der Waals surface area contributed by atoms with Gasteiger partial charge in [0, 0.05) is 12.5 Å². The summed E-state index contributed by atoms with van der Waals surface area (Å²) in [7, 11) is -2.76. The molecule has 4 rings (SSSR count). The molecule has 0 bridgehead atoms. The number of rotatable bonds is 16. The van der Waals surface area contributed by atoms with E-state index in [9.17, 15) is 4.79 Å². The van der Waals surface area contributed by atoms with Crippen molar-refractivity contribution < 1.29 is 14.0 Å². The first kappa shape index (κ1) is 35.0. The average Bonchev–Trinajstić information content (AvgIpc) is 3.48. The second-order valence-electron chi connectivity index (χ2n) is 13.9. The van der Waals surface area contributed by atoms with Crippen LogP contribution < -0.4 is 10.4 Å². The SMILES string of the molecule is CCCCCCCCc1ccc(C2CCN(C(=O)OCCCC)C2CO[Si](c2ccccc2)(c2ccccc2)C(C)(C)C)cc1. The molecule has 5 heteroatoms. The predicted octanol–water partition coefficient (Wildman–Crippen LogP) is 9.26. The quantitative estimate of drug-likeness (QED) is 0.117. The lowest BCUT2D eigenvalue weighted by Crippen LogP contribution is -2.67. The van der Waals surface area contributed by atoms with Gasteiger partial charge in [-0.3, -0.25) is 0 Å². The molecule has 1 saturated heterocycles. The highest BCUT2D eigenvalue weighted by Gasteiger charge is 2.51. The molecule has 4 nitrogen and oxygen atoms in total. The Morgan fingerprint density at radius 2 is 1.36 bits per heavy atom. The van der Waals surface area contributed by atoms with E-state index in [1.54, 1.807) is 0 Å². The fourth-order valence-corrected chi connectivity index (χ4v) is 11.7. The van der Waals surface area contributed by atoms with E-state index in [1.807, 2.05) is 4.90 Å². The van der Waals surface area contributed by atoms with Crippen molar-refractivity contribution in [2.75, 3.05) is 19.8 Å². The fourth-order valence-electron chi connectivity index (χ4n) is 7.07. The lowest BCUT2D eigenvalue weighted by atomic mass is 9.91. The number of carbonyl (C=O) groups excluding carboxylic acids is 1. The average molecular weight is 628 g/mol. The molecule has 0 aliphatic carbocycles. The number of aryl methyl sites for hydroxylation is 1. The molecule has 0 radical (unpaired) electrons. The first-order valence-corrected chi connectivity index (χ1v) is 19.5. The molecule has 3 aromatic rings. The first-order valence-electron chi connectivity index (χ1n) is 17.6. The Morgan fingerprint density at radius 1 is 0.778 bits per heavy atom. The number of unbranched alkanes of at least 4 members (excludes halogenated alkanes) is 6. The number of carbonyl (C=O) groups is 1. The van der Waals surface area contributed by atoms with Crippen LogP contribution in [0.15, 0.2) is 84.9 Å². The Hall–Kier alpha value is -2.89. The summed E-state index contributed by atoms with van der Waals surface area (Å²) in [6.45, 7) is 12.9. The molecule has 3 aromatic carbocycles. The molecule has 2 atom stereocenters. The maximum atomic E-state index is 13.5. The summed E-state index contributed by atoms with van der Waals surface area (Å²) in [5.74, 6) is 0.199. The van der Waals surface area contributed by atoms with E-state index in [2.05, 4.69) is 120 Å². The van der Waals surface area contributed by atoms with Gasteiger partial charge >= 0.3 is 6.09 Å². The molecule has 0 spiro atoms. The molecule has 1 aliphatic heterocycles. The molecule has 0 N–H and O–H groups in total. The zero-order valence-corrected chi connectivity index (χ0v) is 29.6. The minimum absolute atomic E-state index is 0.0924. The van der Waals surface area contributed by atoms with Crippen molar-refractivity contribution in [2.24, 2.45) is 0 Å². The Labute approximate surface area is 274 Å². The van der Waals surface area contributed by atoms with Crippen molar-refractivity contribution in [1.82, 2.24) is 4.90 Å². The zero-order valence-electron chi connectivity index (χ0n) is 28.6. The van der Waals surface area contributed by atoms with Crippen molar-refractivity contribution in [3.8, 4) is 0 Å². The van der Waals surface area contributed by atoms with Crippen molar-refractivity contribution >= 4 is 24.8 Å². The van der Waals surface area contributed by atoms with Gasteiger partial charge in [0.25, 0.3) is 8.32 Å². The minimum Gasteiger partial charge on any atom is -0.449 e. The second kappa shape index (κ2) is 17.1. The highest BCUT2D eigenvalue weighted by molar-refractivity contribution is 6.99. The van der Waals surface area contributed by atoms with Crippen LogP contribution in [-0.4, -0.2) is 45.1 Å². The maximum absolute atomic E-state index is 13.5. The molecule has 2 unspecified atom stereocenters. The monoisotopic (exact) mass is 627 g/mol. The van der Waals surface area contributed by atoms with Crippen LogP contribution in [-0.2, 0) is 15.6 Å². The number of ether oxygens (including phenoxy) is 1. The molecule has 244 valence electrons. The van der Waals surface area contributed by atoms with Crippen LogP contribution in [0.4, 0.5) is 4.79 Å². The van der Waals surface area contributed by atoms with Gasteiger partial charge in [-0.2, -0.15) is 0 Å². The molecule has 0 saturated carbocycles. The Balaban J connectivity index is 1.60. The largest absolute Gasteiger partial charge is 0.449 e. The van der Waals surface area contributed by atoms with E-state index in [1.165, 1.54) is 60.0 Å². The minimum atomic E-state index is -2.76. The van der Waals surface area contributed by atoms with Crippen LogP contribution in [0.2, 0.25) is 5.04 Å². The van der Waals surface area contributed by atoms with Crippen LogP contribution in [0, 0.1) is 0 Å². The molecule has 1 amide bonds. The zero-order chi connectivity index (χ0) is 32.1. The predicted molar refractivity (Wildman–Crippen MR) is 191 cm³/mol. The van der Waals surface area contributed by atoms with Gasteiger partial charge in [0.15, 0.2) is 0 Å². The summed E-state index contributed by atoms with van der Waals surface area (Å²) < 4.78 is 13.2. The second-order valence-corrected chi connectivity index (χ2v) is 18.2. The topological polar surface area (TPSA) is 38.8 Å². The Kier molecular flexibility index (Phi) is 13.3. The van der Waals surface area contributed by atoms with Crippen LogP contribution in [0.3, 0.4) is 0 Å². The van der Waals surface area contributed by atoms with Gasteiger partial charge in [-0.15, -0.1) is 0 Å². The highest BCUT2D eigenvalue weighted by Crippen LogP contribution is 2.40. The summed E-state index contributed by atoms with van der Waals surface area (Å²) >= 11 is 0. The number of amides is 1. The van der Waals surface area contributed by atoms with E-state index >= 15 is 0 Å². The Morgan fingerprint density at radius 3 is 1.93 bits per heavy atom. The van der Waals surface area contributed by atoms with Gasteiger partial charge in [-0.25, -0.2) is 4.79 Å². The smallest absolute Gasteiger partial charge is 0.410 e. The van der Waals surface area contributed by atoms with Crippen LogP contribution in [0.5, 0.6) is 0 Å². The molecule has 1 heterocycles. The summed E-state index contributed by atoms with van der Waals surface area (Å²) in [6.07, 6.45) is 11.6. The van der Waals surface area contributed by atoms with Gasteiger partial charge in [0.05, 0.1) is 19.3 Å². The van der Waals surface area contributed by atoms with Gasteiger partial charge in [0.1, 0.15) is 0 Å². The van der Waals surface area contributed by atoms with Crippen molar-refractivity contribution in [3.05, 3.63) is 96.1 Å². The third-order valence-corrected chi connectivity index (χ3v) is 14.6. The van der Waals surface area contributed by atoms with Gasteiger partial charge in [-0.05, 0) is 52.2 Å². The fraction of sp³-hybridized carbons (Fsp3) is 0.525. The first-order chi connectivity index (χ1) is 21.8. The van der Waals surface area contributed by atoms with E-state index < -0.39 is 8.32 Å². The summed E-state index contributed by atoms with van der Waals surface area (Å²) in [6, 6.07) is 30.7. The van der Waals surface area contributed by atoms with Crippen molar-refractivity contribution in [1.29, 1.82) is 0 Å². The Bertz CT molecular complexity index is 1230. The van der Waals surface area contributed by atoms with Gasteiger partial charge in [0.2, 0.25) is 0 Å². The van der Waals surface area contributed by atoms with Crippen LogP contribution in [0.25, 0.3) is 0 Å². The van der Waals surface area contributed by atoms with E-state index in [4.69, 9.17) is 9.16 Å². The number of hydrogen-bond donors (Lipinski definition) is 0. The van der Waals surface area contributed by atoms with E-state index in [0.29, 0.717) is 19.8 Å². The van der Waals surface area contributed by atoms with E-state index in [0.717, 1.165) is 25.7 Å². The summed E-state index contributed by atoms with van der Waals surface area (Å²) in [5.41, 5.74) is 2.70. The molecular formula is C40H57NO3Si. The molecule has 45 heavy (non-hydrogen) atoms. The molecule has 1 aliphatic rings. The lowest BCUT2D eigenvalue weighted by Gasteiger charge is -2.44.